The summed E-state index contributed by atoms with van der Waals surface area (Å²) >= 11 is 0. The van der Waals surface area contributed by atoms with Crippen molar-refractivity contribution in [2.45, 2.75) is 43.9 Å². The predicted molar refractivity (Wildman–Crippen MR) is 82.1 cm³/mol. The van der Waals surface area contributed by atoms with Gasteiger partial charge in [0.25, 0.3) is 5.69 Å². The van der Waals surface area contributed by atoms with Crippen molar-refractivity contribution in [3.8, 4) is 5.75 Å². The van der Waals surface area contributed by atoms with Crippen molar-refractivity contribution in [2.75, 3.05) is 20.3 Å². The molecule has 7 heteroatoms. The molecule has 2 atom stereocenters. The van der Waals surface area contributed by atoms with Gasteiger partial charge in [-0.05, 0) is 31.7 Å². The lowest BCUT2D eigenvalue weighted by Crippen LogP contribution is -2.47. The lowest BCUT2D eigenvalue weighted by molar-refractivity contribution is -0.385. The van der Waals surface area contributed by atoms with Gasteiger partial charge in [-0.25, -0.2) is 4.39 Å². The highest BCUT2D eigenvalue weighted by molar-refractivity contribution is 5.37. The number of benzene rings is 1. The first-order chi connectivity index (χ1) is 11.1. The number of rotatable bonds is 6. The number of hydrogen-bond donors (Lipinski definition) is 0. The number of piperidine rings is 1. The van der Waals surface area contributed by atoms with E-state index in [4.69, 9.17) is 9.47 Å². The molecule has 3 rings (SSSR count). The molecular formula is C16H21FN2O4. The summed E-state index contributed by atoms with van der Waals surface area (Å²) in [5, 5.41) is 10.7. The molecule has 2 unspecified atom stereocenters. The molecule has 0 amide bonds. The molecule has 2 fully saturated rings. The van der Waals surface area contributed by atoms with Gasteiger partial charge in [0.05, 0.1) is 17.6 Å². The Morgan fingerprint density at radius 1 is 1.35 bits per heavy atom. The third-order valence-electron chi connectivity index (χ3n) is 4.81. The SMILES string of the molecule is COCCN1C2CCC1CC(Oc1ccc([N+](=O)[O-])cc1F)C2. The average Bonchev–Trinajstić information content (AvgIpc) is 2.76. The molecular weight excluding hydrogens is 303 g/mol. The summed E-state index contributed by atoms with van der Waals surface area (Å²) in [5.74, 6) is -0.571. The molecule has 0 aliphatic carbocycles. The highest BCUT2D eigenvalue weighted by atomic mass is 19.1. The lowest BCUT2D eigenvalue weighted by atomic mass is 9.99. The fraction of sp³-hybridized carbons (Fsp3) is 0.625. The number of halogens is 1. The first kappa shape index (κ1) is 16.1. The van der Waals surface area contributed by atoms with Gasteiger partial charge >= 0.3 is 0 Å². The molecule has 2 bridgehead atoms. The highest BCUT2D eigenvalue weighted by Gasteiger charge is 2.41. The Morgan fingerprint density at radius 3 is 2.61 bits per heavy atom. The number of hydrogen-bond acceptors (Lipinski definition) is 5. The molecule has 23 heavy (non-hydrogen) atoms. The van der Waals surface area contributed by atoms with Crippen molar-refractivity contribution in [3.63, 3.8) is 0 Å². The first-order valence-corrected chi connectivity index (χ1v) is 7.93. The smallest absolute Gasteiger partial charge is 0.272 e. The van der Waals surface area contributed by atoms with Crippen molar-refractivity contribution in [1.82, 2.24) is 4.90 Å². The quantitative estimate of drug-likeness (QED) is 0.595. The monoisotopic (exact) mass is 324 g/mol. The molecule has 2 heterocycles. The Bertz CT molecular complexity index is 569. The number of nitro benzene ring substituents is 1. The van der Waals surface area contributed by atoms with Crippen LogP contribution in [0.5, 0.6) is 5.75 Å². The van der Waals surface area contributed by atoms with Gasteiger partial charge in [0.15, 0.2) is 11.6 Å². The van der Waals surface area contributed by atoms with Crippen LogP contribution in [-0.4, -0.2) is 48.3 Å². The second kappa shape index (κ2) is 6.80. The number of nitrogens with zero attached hydrogens (tertiary/aromatic N) is 2. The van der Waals surface area contributed by atoms with Crippen LogP contribution < -0.4 is 4.74 Å². The zero-order valence-corrected chi connectivity index (χ0v) is 13.1. The highest BCUT2D eigenvalue weighted by Crippen LogP contribution is 2.37. The average molecular weight is 324 g/mol. The molecule has 6 nitrogen and oxygen atoms in total. The van der Waals surface area contributed by atoms with Gasteiger partial charge in [-0.2, -0.15) is 0 Å². The van der Waals surface area contributed by atoms with E-state index in [1.165, 1.54) is 12.1 Å². The summed E-state index contributed by atoms with van der Waals surface area (Å²) in [5.41, 5.74) is -0.260. The molecule has 0 N–H and O–H groups in total. The summed E-state index contributed by atoms with van der Waals surface area (Å²) in [6.45, 7) is 1.64. The van der Waals surface area contributed by atoms with Crippen LogP contribution in [0.15, 0.2) is 18.2 Å². The zero-order chi connectivity index (χ0) is 16.4. The molecule has 1 aromatic rings. The molecule has 0 radical (unpaired) electrons. The van der Waals surface area contributed by atoms with Crippen molar-refractivity contribution in [1.29, 1.82) is 0 Å². The van der Waals surface area contributed by atoms with Gasteiger partial charge in [0.2, 0.25) is 0 Å². The van der Waals surface area contributed by atoms with Gasteiger partial charge in [-0.15, -0.1) is 0 Å². The van der Waals surface area contributed by atoms with Gasteiger partial charge < -0.3 is 9.47 Å². The Morgan fingerprint density at radius 2 is 2.04 bits per heavy atom. The second-order valence-electron chi connectivity index (χ2n) is 6.20. The summed E-state index contributed by atoms with van der Waals surface area (Å²) in [6, 6.07) is 4.45. The van der Waals surface area contributed by atoms with Gasteiger partial charge in [0.1, 0.15) is 6.10 Å². The van der Waals surface area contributed by atoms with Crippen LogP contribution in [0.1, 0.15) is 25.7 Å². The van der Waals surface area contributed by atoms with E-state index in [0.29, 0.717) is 12.1 Å². The summed E-state index contributed by atoms with van der Waals surface area (Å²) in [6.07, 6.45) is 3.95. The van der Waals surface area contributed by atoms with Crippen LogP contribution in [0, 0.1) is 15.9 Å². The topological polar surface area (TPSA) is 64.8 Å². The third kappa shape index (κ3) is 3.45. The largest absolute Gasteiger partial charge is 0.487 e. The van der Waals surface area contributed by atoms with E-state index in [2.05, 4.69) is 4.90 Å². The number of nitro groups is 1. The minimum absolute atomic E-state index is 0.0396. The van der Waals surface area contributed by atoms with Crippen molar-refractivity contribution in [2.24, 2.45) is 0 Å². The molecule has 0 saturated carbocycles. The van der Waals surface area contributed by atoms with Crippen molar-refractivity contribution >= 4 is 5.69 Å². The predicted octanol–water partition coefficient (Wildman–Crippen LogP) is 2.75. The standard InChI is InChI=1S/C16H21FN2O4/c1-22-7-6-18-11-2-3-12(18)9-14(8-11)23-16-5-4-13(19(20)21)10-15(16)17/h4-5,10-12,14H,2-3,6-9H2,1H3. The van der Waals surface area contributed by atoms with Gasteiger partial charge in [-0.1, -0.05) is 0 Å². The number of fused-ring (bicyclic) bond motifs is 2. The van der Waals surface area contributed by atoms with Crippen LogP contribution in [-0.2, 0) is 4.74 Å². The van der Waals surface area contributed by atoms with Crippen LogP contribution in [0.4, 0.5) is 10.1 Å². The van der Waals surface area contributed by atoms with E-state index in [0.717, 1.165) is 44.9 Å². The maximum Gasteiger partial charge on any atom is 0.272 e. The Kier molecular flexibility index (Phi) is 4.77. The second-order valence-corrected chi connectivity index (χ2v) is 6.20. The van der Waals surface area contributed by atoms with Crippen LogP contribution in [0.3, 0.4) is 0 Å². The van der Waals surface area contributed by atoms with E-state index in [9.17, 15) is 14.5 Å². The van der Waals surface area contributed by atoms with Crippen LogP contribution >= 0.6 is 0 Å². The van der Waals surface area contributed by atoms with E-state index >= 15 is 0 Å². The van der Waals surface area contributed by atoms with E-state index in [1.807, 2.05) is 0 Å². The molecule has 2 saturated heterocycles. The van der Waals surface area contributed by atoms with Gasteiger partial charge in [-0.3, -0.25) is 15.0 Å². The number of ether oxygens (including phenoxy) is 2. The minimum atomic E-state index is -0.673. The van der Waals surface area contributed by atoms with Crippen LogP contribution in [0.25, 0.3) is 0 Å². The van der Waals surface area contributed by atoms with Crippen LogP contribution in [0.2, 0.25) is 0 Å². The minimum Gasteiger partial charge on any atom is -0.487 e. The normalized spacial score (nSPS) is 27.1. The summed E-state index contributed by atoms with van der Waals surface area (Å²) in [4.78, 5) is 12.5. The van der Waals surface area contributed by atoms with Gasteiger partial charge in [0, 0.05) is 31.8 Å². The molecule has 1 aromatic carbocycles. The molecule has 2 aliphatic heterocycles. The fourth-order valence-electron chi connectivity index (χ4n) is 3.76. The maximum absolute atomic E-state index is 14.0. The number of methoxy groups -OCH3 is 1. The zero-order valence-electron chi connectivity index (χ0n) is 13.1. The van der Waals surface area contributed by atoms with E-state index < -0.39 is 10.7 Å². The summed E-state index contributed by atoms with van der Waals surface area (Å²) < 4.78 is 24.9. The first-order valence-electron chi connectivity index (χ1n) is 7.93. The van der Waals surface area contributed by atoms with Crippen molar-refractivity contribution < 1.29 is 18.8 Å². The molecule has 0 spiro atoms. The van der Waals surface area contributed by atoms with Crippen molar-refractivity contribution in [3.05, 3.63) is 34.1 Å². The Balaban J connectivity index is 1.63. The van der Waals surface area contributed by atoms with E-state index in [-0.39, 0.29) is 17.5 Å². The lowest BCUT2D eigenvalue weighted by Gasteiger charge is -2.38. The third-order valence-corrected chi connectivity index (χ3v) is 4.81. The summed E-state index contributed by atoms with van der Waals surface area (Å²) in [7, 11) is 1.70. The maximum atomic E-state index is 14.0. The molecule has 2 aliphatic rings. The fourth-order valence-corrected chi connectivity index (χ4v) is 3.76. The van der Waals surface area contributed by atoms with E-state index in [1.54, 1.807) is 7.11 Å². The molecule has 126 valence electrons. The number of non-ortho nitro benzene ring substituents is 1. The molecule has 0 aromatic heterocycles. The Hall–Kier alpha value is -1.73. The Labute approximate surface area is 134 Å².